The molecule has 0 aliphatic heterocycles. The molecule has 0 spiro atoms. The number of hydrogen-bond donors (Lipinski definition) is 1. The molecule has 0 aromatic heterocycles. The smallest absolute Gasteiger partial charge is 0.334 e. The van der Waals surface area contributed by atoms with Crippen LogP contribution < -0.4 is 0 Å². The highest BCUT2D eigenvalue weighted by atomic mass is 16.6. The fourth-order valence-corrected chi connectivity index (χ4v) is 0.574. The number of esters is 1. The van der Waals surface area contributed by atoms with Gasteiger partial charge in [-0.1, -0.05) is 5.11 Å². The second-order valence-corrected chi connectivity index (χ2v) is 2.41. The summed E-state index contributed by atoms with van der Waals surface area (Å²) >= 11 is 0. The van der Waals surface area contributed by atoms with Gasteiger partial charge in [0.15, 0.2) is 0 Å². The Bertz CT molecular complexity index is 213. The topological polar surface area (TPSA) is 105 Å². The van der Waals surface area contributed by atoms with Crippen LogP contribution >= 0.6 is 0 Å². The molecule has 1 atom stereocenters. The molecule has 0 fully saturated rings. The summed E-state index contributed by atoms with van der Waals surface area (Å²) in [6.07, 6.45) is -1.11. The van der Waals surface area contributed by atoms with Crippen molar-refractivity contribution in [2.75, 3.05) is 26.4 Å². The first-order chi connectivity index (χ1) is 6.68. The monoisotopic (exact) mass is 203 g/mol. The zero-order chi connectivity index (χ0) is 10.8. The second-order valence-electron chi connectivity index (χ2n) is 2.41. The van der Waals surface area contributed by atoms with Gasteiger partial charge in [-0.05, 0) is 12.5 Å². The lowest BCUT2D eigenvalue weighted by atomic mass is 10.4. The standard InChI is InChI=1S/C7H13N3O4/c1-6(11)7(12)14-5-4-13-3-2-9-10-8/h6,11H,2-5H2,1H3. The van der Waals surface area contributed by atoms with E-state index in [0.717, 1.165) is 0 Å². The van der Waals surface area contributed by atoms with Crippen LogP contribution in [0.15, 0.2) is 5.11 Å². The molecule has 7 heteroatoms. The third-order valence-corrected chi connectivity index (χ3v) is 1.21. The van der Waals surface area contributed by atoms with Crippen molar-refractivity contribution in [3.8, 4) is 0 Å². The fraction of sp³-hybridized carbons (Fsp3) is 0.857. The average Bonchev–Trinajstić information content (AvgIpc) is 2.16. The first kappa shape index (κ1) is 12.7. The first-order valence-electron chi connectivity index (χ1n) is 4.11. The molecule has 0 saturated carbocycles. The molecular formula is C7H13N3O4. The summed E-state index contributed by atoms with van der Waals surface area (Å²) in [6, 6.07) is 0. The number of carbonyl (C=O) groups excluding carboxylic acids is 1. The highest BCUT2D eigenvalue weighted by Crippen LogP contribution is 1.87. The number of nitrogens with zero attached hydrogens (tertiary/aromatic N) is 3. The Morgan fingerprint density at radius 2 is 2.29 bits per heavy atom. The normalized spacial score (nSPS) is 11.6. The average molecular weight is 203 g/mol. The molecule has 80 valence electrons. The van der Waals surface area contributed by atoms with E-state index in [-0.39, 0.29) is 26.4 Å². The number of azide groups is 1. The van der Waals surface area contributed by atoms with Crippen molar-refractivity contribution in [3.63, 3.8) is 0 Å². The van der Waals surface area contributed by atoms with Crippen molar-refractivity contribution in [1.82, 2.24) is 0 Å². The molecule has 0 heterocycles. The molecule has 0 aliphatic carbocycles. The lowest BCUT2D eigenvalue weighted by Gasteiger charge is -2.06. The van der Waals surface area contributed by atoms with Crippen molar-refractivity contribution < 1.29 is 19.4 Å². The van der Waals surface area contributed by atoms with Crippen LogP contribution in [0, 0.1) is 0 Å². The summed E-state index contributed by atoms with van der Waals surface area (Å²) in [6.45, 7) is 2.17. The Balaban J connectivity index is 3.21. The number of carbonyl (C=O) groups is 1. The Hall–Kier alpha value is -1.30. The van der Waals surface area contributed by atoms with Gasteiger partial charge in [0.1, 0.15) is 12.7 Å². The van der Waals surface area contributed by atoms with Crippen LogP contribution in [0.25, 0.3) is 10.4 Å². The van der Waals surface area contributed by atoms with Crippen molar-refractivity contribution in [2.24, 2.45) is 5.11 Å². The summed E-state index contributed by atoms with van der Waals surface area (Å²) in [5.74, 6) is -0.677. The molecule has 1 unspecified atom stereocenters. The van der Waals surface area contributed by atoms with Crippen LogP contribution in [-0.2, 0) is 14.3 Å². The van der Waals surface area contributed by atoms with Crippen molar-refractivity contribution in [2.45, 2.75) is 13.0 Å². The second kappa shape index (κ2) is 8.31. The first-order valence-corrected chi connectivity index (χ1v) is 4.11. The van der Waals surface area contributed by atoms with E-state index in [1.54, 1.807) is 0 Å². The van der Waals surface area contributed by atoms with Gasteiger partial charge in [0.05, 0.1) is 13.2 Å². The molecule has 0 aromatic carbocycles. The molecule has 14 heavy (non-hydrogen) atoms. The van der Waals surface area contributed by atoms with Gasteiger partial charge in [-0.15, -0.1) is 0 Å². The highest BCUT2D eigenvalue weighted by molar-refractivity contribution is 5.73. The van der Waals surface area contributed by atoms with Gasteiger partial charge in [0.25, 0.3) is 0 Å². The van der Waals surface area contributed by atoms with E-state index in [1.165, 1.54) is 6.92 Å². The summed E-state index contributed by atoms with van der Waals surface area (Å²) in [4.78, 5) is 13.2. The predicted molar refractivity (Wildman–Crippen MR) is 47.5 cm³/mol. The minimum absolute atomic E-state index is 0.0833. The van der Waals surface area contributed by atoms with Crippen LogP contribution in [0.5, 0.6) is 0 Å². The molecule has 0 aliphatic rings. The molecule has 0 rings (SSSR count). The predicted octanol–water partition coefficient (Wildman–Crippen LogP) is 0.237. The zero-order valence-electron chi connectivity index (χ0n) is 7.92. The van der Waals surface area contributed by atoms with Crippen LogP contribution in [0.2, 0.25) is 0 Å². The van der Waals surface area contributed by atoms with Crippen molar-refractivity contribution >= 4 is 5.97 Å². The Morgan fingerprint density at radius 3 is 2.86 bits per heavy atom. The van der Waals surface area contributed by atoms with E-state index in [9.17, 15) is 4.79 Å². The SMILES string of the molecule is CC(O)C(=O)OCCOCCN=[N+]=[N-]. The van der Waals surface area contributed by atoms with Crippen molar-refractivity contribution in [1.29, 1.82) is 0 Å². The molecule has 0 saturated heterocycles. The van der Waals surface area contributed by atoms with Gasteiger partial charge in [0, 0.05) is 11.5 Å². The van der Waals surface area contributed by atoms with Gasteiger partial charge >= 0.3 is 5.97 Å². The van der Waals surface area contributed by atoms with Crippen LogP contribution in [0.4, 0.5) is 0 Å². The number of ether oxygens (including phenoxy) is 2. The maximum atomic E-state index is 10.7. The molecule has 0 amide bonds. The molecule has 7 nitrogen and oxygen atoms in total. The Kier molecular flexibility index (Phi) is 7.53. The minimum atomic E-state index is -1.11. The molecule has 0 bridgehead atoms. The van der Waals surface area contributed by atoms with E-state index < -0.39 is 12.1 Å². The van der Waals surface area contributed by atoms with Gasteiger partial charge in [-0.2, -0.15) is 0 Å². The third kappa shape index (κ3) is 7.35. The van der Waals surface area contributed by atoms with Crippen molar-refractivity contribution in [3.05, 3.63) is 10.4 Å². The number of aliphatic hydroxyl groups excluding tert-OH is 1. The minimum Gasteiger partial charge on any atom is -0.461 e. The van der Waals surface area contributed by atoms with Crippen LogP contribution in [-0.4, -0.2) is 43.5 Å². The maximum absolute atomic E-state index is 10.7. The van der Waals surface area contributed by atoms with Gasteiger partial charge in [0.2, 0.25) is 0 Å². The lowest BCUT2D eigenvalue weighted by molar-refractivity contribution is -0.154. The lowest BCUT2D eigenvalue weighted by Crippen LogP contribution is -2.21. The zero-order valence-corrected chi connectivity index (χ0v) is 7.92. The molecular weight excluding hydrogens is 190 g/mol. The van der Waals surface area contributed by atoms with Crippen LogP contribution in [0.1, 0.15) is 6.92 Å². The number of hydrogen-bond acceptors (Lipinski definition) is 5. The molecule has 1 N–H and O–H groups in total. The Labute approximate surface area is 81.2 Å². The summed E-state index contributed by atoms with van der Waals surface area (Å²) in [5.41, 5.74) is 7.91. The van der Waals surface area contributed by atoms with E-state index in [1.807, 2.05) is 0 Å². The maximum Gasteiger partial charge on any atom is 0.334 e. The summed E-state index contributed by atoms with van der Waals surface area (Å²) in [5, 5.41) is 12.0. The summed E-state index contributed by atoms with van der Waals surface area (Å²) in [7, 11) is 0. The molecule has 0 radical (unpaired) electrons. The molecule has 0 aromatic rings. The van der Waals surface area contributed by atoms with E-state index in [2.05, 4.69) is 14.8 Å². The fourth-order valence-electron chi connectivity index (χ4n) is 0.574. The number of aliphatic hydroxyl groups is 1. The highest BCUT2D eigenvalue weighted by Gasteiger charge is 2.08. The number of rotatable bonds is 7. The van der Waals surface area contributed by atoms with E-state index >= 15 is 0 Å². The Morgan fingerprint density at radius 1 is 1.57 bits per heavy atom. The quantitative estimate of drug-likeness (QED) is 0.210. The third-order valence-electron chi connectivity index (χ3n) is 1.21. The van der Waals surface area contributed by atoms with E-state index in [0.29, 0.717) is 0 Å². The van der Waals surface area contributed by atoms with E-state index in [4.69, 9.17) is 15.4 Å². The van der Waals surface area contributed by atoms with Gasteiger partial charge in [-0.25, -0.2) is 4.79 Å². The van der Waals surface area contributed by atoms with Crippen LogP contribution in [0.3, 0.4) is 0 Å². The largest absolute Gasteiger partial charge is 0.461 e. The van der Waals surface area contributed by atoms with Gasteiger partial charge in [-0.3, -0.25) is 0 Å². The van der Waals surface area contributed by atoms with Gasteiger partial charge < -0.3 is 14.6 Å². The summed E-state index contributed by atoms with van der Waals surface area (Å²) < 4.78 is 9.53.